The quantitative estimate of drug-likeness (QED) is 0.455. The van der Waals surface area contributed by atoms with Gasteiger partial charge in [-0.1, -0.05) is 17.7 Å². The van der Waals surface area contributed by atoms with Gasteiger partial charge in [0.1, 0.15) is 18.1 Å². The van der Waals surface area contributed by atoms with E-state index in [0.717, 1.165) is 31.8 Å². The molecule has 2 aromatic carbocycles. The molecule has 2 amide bonds. The lowest BCUT2D eigenvalue weighted by Crippen LogP contribution is -2.32. The summed E-state index contributed by atoms with van der Waals surface area (Å²) >= 11 is 7.80. The fourth-order valence-electron chi connectivity index (χ4n) is 2.59. The molecular weight excluding hydrogens is 510 g/mol. The predicted octanol–water partition coefficient (Wildman–Crippen LogP) is 5.64. The summed E-state index contributed by atoms with van der Waals surface area (Å²) in [6.07, 6.45) is 1.70. The molecule has 1 aliphatic heterocycles. The number of hydrogen-bond donors (Lipinski definition) is 0. The summed E-state index contributed by atoms with van der Waals surface area (Å²) in [7, 11) is 1.58. The lowest BCUT2D eigenvalue weighted by Gasteiger charge is -2.13. The van der Waals surface area contributed by atoms with Crippen LogP contribution in [-0.4, -0.2) is 36.3 Å². The number of carbonyl (C=O) groups is 2. The molecule has 3 rings (SSSR count). The summed E-state index contributed by atoms with van der Waals surface area (Å²) in [5.74, 6) is 1.06. The number of rotatable bonds is 6. The molecule has 0 bridgehead atoms. The maximum absolute atomic E-state index is 12.6. The van der Waals surface area contributed by atoms with Crippen LogP contribution in [0.4, 0.5) is 4.79 Å². The highest BCUT2D eigenvalue weighted by Crippen LogP contribution is 2.37. The first-order valence-corrected chi connectivity index (χ1v) is 10.8. The molecule has 0 aliphatic carbocycles. The summed E-state index contributed by atoms with van der Waals surface area (Å²) in [6.45, 7) is 2.44. The smallest absolute Gasteiger partial charge is 0.293 e. The molecule has 1 heterocycles. The van der Waals surface area contributed by atoms with Crippen LogP contribution in [-0.2, 0) is 4.79 Å². The van der Waals surface area contributed by atoms with Gasteiger partial charge in [0.15, 0.2) is 0 Å². The van der Waals surface area contributed by atoms with E-state index in [9.17, 15) is 9.59 Å². The maximum Gasteiger partial charge on any atom is 0.293 e. The predicted molar refractivity (Wildman–Crippen MR) is 118 cm³/mol. The molecule has 0 saturated carbocycles. The van der Waals surface area contributed by atoms with Crippen molar-refractivity contribution in [2.24, 2.45) is 0 Å². The van der Waals surface area contributed by atoms with E-state index in [1.54, 1.807) is 13.2 Å². The van der Waals surface area contributed by atoms with Gasteiger partial charge in [-0.2, -0.15) is 0 Å². The molecule has 0 atom stereocenters. The number of nitrogens with zero attached hydrogens (tertiary/aromatic N) is 1. The van der Waals surface area contributed by atoms with Gasteiger partial charge in [-0.25, -0.2) is 0 Å². The molecule has 5 nitrogen and oxygen atoms in total. The second kappa shape index (κ2) is 9.15. The van der Waals surface area contributed by atoms with E-state index in [1.165, 1.54) is 4.90 Å². The fraction of sp³-hybridized carbons (Fsp3) is 0.200. The number of amides is 2. The maximum atomic E-state index is 12.6. The standard InChI is InChI=1S/C20H17Br2NO4S/c1-12-3-5-14(6-4-12)27-8-7-23-19(24)17(28-20(23)25)11-13-9-15(21)18(26-2)16(22)10-13/h3-6,9-11H,7-8H2,1-2H3/b17-11-. The molecule has 1 fully saturated rings. The van der Waals surface area contributed by atoms with Crippen molar-refractivity contribution in [3.63, 3.8) is 0 Å². The van der Waals surface area contributed by atoms with E-state index >= 15 is 0 Å². The van der Waals surface area contributed by atoms with Gasteiger partial charge in [0, 0.05) is 0 Å². The van der Waals surface area contributed by atoms with Crippen LogP contribution < -0.4 is 9.47 Å². The highest BCUT2D eigenvalue weighted by Gasteiger charge is 2.34. The average molecular weight is 527 g/mol. The van der Waals surface area contributed by atoms with Crippen LogP contribution in [0.15, 0.2) is 50.2 Å². The average Bonchev–Trinajstić information content (AvgIpc) is 2.90. The van der Waals surface area contributed by atoms with Gasteiger partial charge in [0.25, 0.3) is 11.1 Å². The largest absolute Gasteiger partial charge is 0.494 e. The monoisotopic (exact) mass is 525 g/mol. The summed E-state index contributed by atoms with van der Waals surface area (Å²) in [6, 6.07) is 11.3. The number of halogens is 2. The van der Waals surface area contributed by atoms with Crippen molar-refractivity contribution in [2.45, 2.75) is 6.92 Å². The van der Waals surface area contributed by atoms with Crippen molar-refractivity contribution in [3.8, 4) is 11.5 Å². The van der Waals surface area contributed by atoms with Gasteiger partial charge in [0.05, 0.1) is 27.5 Å². The second-order valence-corrected chi connectivity index (χ2v) is 8.71. The highest BCUT2D eigenvalue weighted by atomic mass is 79.9. The number of carbonyl (C=O) groups excluding carboxylic acids is 2. The minimum atomic E-state index is -0.314. The summed E-state index contributed by atoms with van der Waals surface area (Å²) in [5.41, 5.74) is 1.92. The molecule has 146 valence electrons. The van der Waals surface area contributed by atoms with E-state index < -0.39 is 0 Å². The Balaban J connectivity index is 1.67. The third-order valence-corrected chi connectivity index (χ3v) is 6.09. The summed E-state index contributed by atoms with van der Waals surface area (Å²) < 4.78 is 12.4. The second-order valence-electron chi connectivity index (χ2n) is 6.01. The fourth-order valence-corrected chi connectivity index (χ4v) is 5.00. The van der Waals surface area contributed by atoms with Crippen LogP contribution >= 0.6 is 43.6 Å². The van der Waals surface area contributed by atoms with Crippen molar-refractivity contribution in [2.75, 3.05) is 20.3 Å². The number of methoxy groups -OCH3 is 1. The van der Waals surface area contributed by atoms with Gasteiger partial charge < -0.3 is 9.47 Å². The minimum Gasteiger partial charge on any atom is -0.494 e. The van der Waals surface area contributed by atoms with Crippen LogP contribution in [0.5, 0.6) is 11.5 Å². The van der Waals surface area contributed by atoms with Crippen molar-refractivity contribution in [3.05, 3.63) is 61.4 Å². The number of ether oxygens (including phenoxy) is 2. The van der Waals surface area contributed by atoms with Gasteiger partial charge in [0.2, 0.25) is 0 Å². The van der Waals surface area contributed by atoms with Crippen molar-refractivity contribution < 1.29 is 19.1 Å². The summed E-state index contributed by atoms with van der Waals surface area (Å²) in [5, 5.41) is -0.296. The molecular formula is C20H17Br2NO4S. The van der Waals surface area contributed by atoms with Crippen LogP contribution in [0.2, 0.25) is 0 Å². The lowest BCUT2D eigenvalue weighted by molar-refractivity contribution is -0.123. The van der Waals surface area contributed by atoms with E-state index in [4.69, 9.17) is 9.47 Å². The first kappa shape index (κ1) is 21.0. The number of imide groups is 1. The Bertz CT molecular complexity index is 921. The molecule has 8 heteroatoms. The summed E-state index contributed by atoms with van der Waals surface area (Å²) in [4.78, 5) is 26.4. The molecule has 0 aromatic heterocycles. The Morgan fingerprint density at radius 2 is 1.75 bits per heavy atom. The van der Waals surface area contributed by atoms with Gasteiger partial charge in [-0.05, 0) is 86.5 Å². The van der Waals surface area contributed by atoms with Gasteiger partial charge in [-0.15, -0.1) is 0 Å². The van der Waals surface area contributed by atoms with Gasteiger partial charge >= 0.3 is 0 Å². The molecule has 0 unspecified atom stereocenters. The van der Waals surface area contributed by atoms with Crippen molar-refractivity contribution >= 4 is 60.8 Å². The first-order valence-electron chi connectivity index (χ1n) is 8.37. The lowest BCUT2D eigenvalue weighted by atomic mass is 10.2. The number of aryl methyl sites for hydroxylation is 1. The molecule has 0 spiro atoms. The van der Waals surface area contributed by atoms with Crippen LogP contribution in [0.3, 0.4) is 0 Å². The Morgan fingerprint density at radius 3 is 2.36 bits per heavy atom. The van der Waals surface area contributed by atoms with E-state index in [2.05, 4.69) is 31.9 Å². The highest BCUT2D eigenvalue weighted by molar-refractivity contribution is 9.11. The molecule has 1 saturated heterocycles. The Hall–Kier alpha value is -1.77. The van der Waals surface area contributed by atoms with Crippen LogP contribution in [0.1, 0.15) is 11.1 Å². The van der Waals surface area contributed by atoms with E-state index in [1.807, 2.05) is 43.3 Å². The Morgan fingerprint density at radius 1 is 1.11 bits per heavy atom. The van der Waals surface area contributed by atoms with Crippen molar-refractivity contribution in [1.82, 2.24) is 4.90 Å². The number of thioether (sulfide) groups is 1. The number of hydrogen-bond acceptors (Lipinski definition) is 5. The molecule has 0 radical (unpaired) electrons. The van der Waals surface area contributed by atoms with Gasteiger partial charge in [-0.3, -0.25) is 14.5 Å². The Kier molecular flexibility index (Phi) is 6.85. The SMILES string of the molecule is COc1c(Br)cc(/C=C2\SC(=O)N(CCOc3ccc(C)cc3)C2=O)cc1Br. The molecule has 1 aliphatic rings. The number of benzene rings is 2. The van der Waals surface area contributed by atoms with Crippen LogP contribution in [0.25, 0.3) is 6.08 Å². The normalized spacial score (nSPS) is 15.4. The van der Waals surface area contributed by atoms with Crippen LogP contribution in [0, 0.1) is 6.92 Å². The molecule has 2 aromatic rings. The van der Waals surface area contributed by atoms with E-state index in [0.29, 0.717) is 16.4 Å². The zero-order chi connectivity index (χ0) is 20.3. The molecule has 0 N–H and O–H groups in total. The third kappa shape index (κ3) is 4.79. The first-order chi connectivity index (χ1) is 13.4. The minimum absolute atomic E-state index is 0.200. The zero-order valence-corrected chi connectivity index (χ0v) is 19.2. The third-order valence-electron chi connectivity index (χ3n) is 4.00. The zero-order valence-electron chi connectivity index (χ0n) is 15.2. The Labute approximate surface area is 184 Å². The molecule has 28 heavy (non-hydrogen) atoms. The van der Waals surface area contributed by atoms with E-state index in [-0.39, 0.29) is 24.3 Å². The van der Waals surface area contributed by atoms with Crippen molar-refractivity contribution in [1.29, 1.82) is 0 Å². The topological polar surface area (TPSA) is 55.8 Å².